The molecule has 2 aromatic carbocycles. The maximum atomic E-state index is 12.9. The first kappa shape index (κ1) is 20.9. The first-order chi connectivity index (χ1) is 15.5. The molecule has 162 valence electrons. The van der Waals surface area contributed by atoms with Gasteiger partial charge in [0.15, 0.2) is 11.5 Å². The summed E-state index contributed by atoms with van der Waals surface area (Å²) in [6.07, 6.45) is 1.16. The van der Waals surface area contributed by atoms with Crippen LogP contribution in [0, 0.1) is 17.0 Å². The molecule has 2 aromatic heterocycles. The molecule has 0 N–H and O–H groups in total. The zero-order valence-corrected chi connectivity index (χ0v) is 17.2. The molecule has 0 bridgehead atoms. The number of aromatic nitrogens is 4. The average molecular weight is 433 g/mol. The topological polar surface area (TPSA) is 122 Å². The highest BCUT2D eigenvalue weighted by Gasteiger charge is 2.20. The van der Waals surface area contributed by atoms with Crippen molar-refractivity contribution in [1.82, 2.24) is 19.3 Å². The summed E-state index contributed by atoms with van der Waals surface area (Å²) >= 11 is 0. The van der Waals surface area contributed by atoms with Crippen LogP contribution < -0.4 is 5.56 Å². The van der Waals surface area contributed by atoms with E-state index in [2.05, 4.69) is 10.1 Å². The zero-order chi connectivity index (χ0) is 22.7. The highest BCUT2D eigenvalue weighted by molar-refractivity contribution is 6.02. The largest absolute Gasteiger partial charge is 0.457 e. The van der Waals surface area contributed by atoms with Crippen LogP contribution in [0.15, 0.2) is 65.6 Å². The molecule has 0 radical (unpaired) electrons. The fraction of sp³-hybridized carbons (Fsp3) is 0.182. The highest BCUT2D eigenvalue weighted by Crippen LogP contribution is 2.16. The molecule has 0 saturated carbocycles. The number of benzene rings is 2. The van der Waals surface area contributed by atoms with Crippen LogP contribution in [-0.4, -0.2) is 36.8 Å². The lowest BCUT2D eigenvalue weighted by atomic mass is 10.1. The van der Waals surface area contributed by atoms with E-state index in [1.807, 2.05) is 30.3 Å². The minimum absolute atomic E-state index is 0.00739. The maximum absolute atomic E-state index is 12.9. The molecule has 4 rings (SSSR count). The van der Waals surface area contributed by atoms with Gasteiger partial charge in [-0.3, -0.25) is 4.79 Å². The van der Waals surface area contributed by atoms with Crippen molar-refractivity contribution >= 4 is 22.6 Å². The molecule has 0 aliphatic carbocycles. The van der Waals surface area contributed by atoms with Crippen molar-refractivity contribution in [2.24, 2.45) is 0 Å². The Bertz CT molecular complexity index is 1360. The van der Waals surface area contributed by atoms with Crippen molar-refractivity contribution < 1.29 is 14.5 Å². The van der Waals surface area contributed by atoms with Crippen molar-refractivity contribution in [2.45, 2.75) is 20.0 Å². The Kier molecular flexibility index (Phi) is 5.75. The number of nitro groups is 1. The van der Waals surface area contributed by atoms with E-state index in [0.29, 0.717) is 16.6 Å². The number of fused-ring (bicyclic) bond motifs is 1. The summed E-state index contributed by atoms with van der Waals surface area (Å²) in [5, 5.41) is 16.1. The average Bonchev–Trinajstić information content (AvgIpc) is 3.17. The molecule has 0 aliphatic rings. The fourth-order valence-corrected chi connectivity index (χ4v) is 3.43. The van der Waals surface area contributed by atoms with Crippen LogP contribution in [0.5, 0.6) is 0 Å². The molecule has 10 nitrogen and oxygen atoms in total. The Morgan fingerprint density at radius 2 is 1.78 bits per heavy atom. The van der Waals surface area contributed by atoms with Crippen LogP contribution >= 0.6 is 0 Å². The van der Waals surface area contributed by atoms with Crippen LogP contribution in [0.3, 0.4) is 0 Å². The van der Waals surface area contributed by atoms with E-state index in [1.165, 1.54) is 9.25 Å². The van der Waals surface area contributed by atoms with Gasteiger partial charge in [-0.15, -0.1) is 0 Å². The lowest BCUT2D eigenvalue weighted by Gasteiger charge is -2.11. The van der Waals surface area contributed by atoms with Gasteiger partial charge in [0.25, 0.3) is 5.56 Å². The molecule has 0 atom stereocenters. The Balaban J connectivity index is 1.61. The smallest absolute Gasteiger partial charge is 0.359 e. The minimum atomic E-state index is -0.719. The summed E-state index contributed by atoms with van der Waals surface area (Å²) in [6, 6.07) is 16.0. The number of hydrogen-bond donors (Lipinski definition) is 0. The lowest BCUT2D eigenvalue weighted by molar-refractivity contribution is -0.392. The molecule has 4 aromatic rings. The van der Waals surface area contributed by atoms with Crippen LogP contribution in [0.25, 0.3) is 10.8 Å². The van der Waals surface area contributed by atoms with Crippen molar-refractivity contribution in [2.75, 3.05) is 6.61 Å². The van der Waals surface area contributed by atoms with Gasteiger partial charge in [0, 0.05) is 12.3 Å². The van der Waals surface area contributed by atoms with Gasteiger partial charge in [-0.05, 0) is 16.6 Å². The standard InChI is InChI=1S/C22H19N5O5/c1-15-23-13-19(27(30)31)25(15)11-12-32-22(29)20-17-9-5-6-10-18(17)21(28)26(24-20)14-16-7-3-2-4-8-16/h2-10,13H,11-12,14H2,1H3. The van der Waals surface area contributed by atoms with Crippen LogP contribution in [0.4, 0.5) is 5.82 Å². The number of esters is 1. The maximum Gasteiger partial charge on any atom is 0.359 e. The fourth-order valence-electron chi connectivity index (χ4n) is 3.43. The molecule has 0 saturated heterocycles. The summed E-state index contributed by atoms with van der Waals surface area (Å²) in [6.45, 7) is 1.77. The van der Waals surface area contributed by atoms with Crippen LogP contribution in [0.1, 0.15) is 21.9 Å². The van der Waals surface area contributed by atoms with Gasteiger partial charge in [-0.1, -0.05) is 48.5 Å². The Hall–Kier alpha value is -4.34. The number of rotatable bonds is 7. The van der Waals surface area contributed by atoms with Crippen molar-refractivity contribution in [1.29, 1.82) is 0 Å². The van der Waals surface area contributed by atoms with Crippen LogP contribution in [-0.2, 0) is 17.8 Å². The molecule has 32 heavy (non-hydrogen) atoms. The predicted octanol–water partition coefficient (Wildman–Crippen LogP) is 2.71. The first-order valence-corrected chi connectivity index (χ1v) is 9.83. The summed E-state index contributed by atoms with van der Waals surface area (Å²) in [5.74, 6) is -0.463. The Morgan fingerprint density at radius 1 is 1.09 bits per heavy atom. The summed E-state index contributed by atoms with van der Waals surface area (Å²) in [5.41, 5.74) is 0.554. The normalized spacial score (nSPS) is 10.9. The lowest BCUT2D eigenvalue weighted by Crippen LogP contribution is -2.27. The molecule has 0 amide bonds. The monoisotopic (exact) mass is 433 g/mol. The minimum Gasteiger partial charge on any atom is -0.457 e. The zero-order valence-electron chi connectivity index (χ0n) is 17.2. The number of ether oxygens (including phenoxy) is 1. The van der Waals surface area contributed by atoms with E-state index < -0.39 is 10.9 Å². The van der Waals surface area contributed by atoms with E-state index in [0.717, 1.165) is 11.8 Å². The van der Waals surface area contributed by atoms with Gasteiger partial charge in [-0.2, -0.15) is 5.10 Å². The van der Waals surface area contributed by atoms with E-state index in [-0.39, 0.29) is 36.8 Å². The molecule has 0 unspecified atom stereocenters. The Labute approximate surface area is 181 Å². The first-order valence-electron chi connectivity index (χ1n) is 9.83. The number of carbonyl (C=O) groups excluding carboxylic acids is 1. The van der Waals surface area contributed by atoms with Crippen molar-refractivity contribution in [3.8, 4) is 0 Å². The molecule has 0 fully saturated rings. The number of imidazole rings is 1. The van der Waals surface area contributed by atoms with Crippen LogP contribution in [0.2, 0.25) is 0 Å². The molecular weight excluding hydrogens is 414 g/mol. The second kappa shape index (κ2) is 8.80. The number of hydrogen-bond acceptors (Lipinski definition) is 7. The van der Waals surface area contributed by atoms with Gasteiger partial charge < -0.3 is 14.9 Å². The second-order valence-electron chi connectivity index (χ2n) is 7.05. The molecular formula is C22H19N5O5. The third-order valence-electron chi connectivity index (χ3n) is 5.01. The predicted molar refractivity (Wildman–Crippen MR) is 115 cm³/mol. The summed E-state index contributed by atoms with van der Waals surface area (Å²) in [7, 11) is 0. The molecule has 2 heterocycles. The number of nitrogens with zero attached hydrogens (tertiary/aromatic N) is 5. The highest BCUT2D eigenvalue weighted by atomic mass is 16.6. The Morgan fingerprint density at radius 3 is 2.50 bits per heavy atom. The van der Waals surface area contributed by atoms with E-state index >= 15 is 0 Å². The van der Waals surface area contributed by atoms with E-state index in [4.69, 9.17) is 4.74 Å². The van der Waals surface area contributed by atoms with Gasteiger partial charge in [0.1, 0.15) is 19.3 Å². The third kappa shape index (κ3) is 4.10. The van der Waals surface area contributed by atoms with Crippen molar-refractivity contribution in [3.63, 3.8) is 0 Å². The van der Waals surface area contributed by atoms with E-state index in [1.54, 1.807) is 31.2 Å². The number of aryl methyl sites for hydroxylation is 1. The molecule has 0 spiro atoms. The molecule has 10 heteroatoms. The van der Waals surface area contributed by atoms with Gasteiger partial charge >= 0.3 is 11.8 Å². The van der Waals surface area contributed by atoms with Gasteiger partial charge in [-0.25, -0.2) is 19.0 Å². The van der Waals surface area contributed by atoms with E-state index in [9.17, 15) is 19.7 Å². The van der Waals surface area contributed by atoms with Crippen molar-refractivity contribution in [3.05, 3.63) is 98.3 Å². The molecule has 0 aliphatic heterocycles. The third-order valence-corrected chi connectivity index (χ3v) is 5.01. The summed E-state index contributed by atoms with van der Waals surface area (Å²) in [4.78, 5) is 40.2. The number of carbonyl (C=O) groups is 1. The second-order valence-corrected chi connectivity index (χ2v) is 7.05. The van der Waals surface area contributed by atoms with Gasteiger partial charge in [0.05, 0.1) is 11.9 Å². The quantitative estimate of drug-likeness (QED) is 0.249. The summed E-state index contributed by atoms with van der Waals surface area (Å²) < 4.78 is 7.95. The SMILES string of the molecule is Cc1ncc([N+](=O)[O-])n1CCOC(=O)c1nn(Cc2ccccc2)c(=O)c2ccccc12. The van der Waals surface area contributed by atoms with Gasteiger partial charge in [0.2, 0.25) is 0 Å².